The molecule has 1 amide bonds. The lowest BCUT2D eigenvalue weighted by Gasteiger charge is -2.12. The van der Waals surface area contributed by atoms with Gasteiger partial charge in [0.15, 0.2) is 0 Å². The van der Waals surface area contributed by atoms with Crippen molar-refractivity contribution in [2.75, 3.05) is 5.32 Å². The maximum Gasteiger partial charge on any atom is 0.471 e. The smallest absolute Gasteiger partial charge is 0.471 e. The number of alkyl halides is 6. The number of rotatable bonds is 4. The molecule has 1 aromatic heterocycles. The quantitative estimate of drug-likeness (QED) is 0.387. The number of aromatic amines is 1. The third-order valence-electron chi connectivity index (χ3n) is 4.30. The molecule has 0 atom stereocenters. The number of carbonyl (C=O) groups excluding carboxylic acids is 1. The molecule has 0 unspecified atom stereocenters. The summed E-state index contributed by atoms with van der Waals surface area (Å²) in [5.74, 6) is -3.36. The van der Waals surface area contributed by atoms with Gasteiger partial charge in [0, 0.05) is 6.21 Å². The van der Waals surface area contributed by atoms with Crippen molar-refractivity contribution >= 4 is 23.5 Å². The van der Waals surface area contributed by atoms with Gasteiger partial charge >= 0.3 is 23.9 Å². The SMILES string of the molecule is O=C(Nc1ccccc1N=Cc1c(O)n(-c2cccc(C(F)(F)F)c2)c(=O)[nH]c1=O)C(F)(F)F. The minimum Gasteiger partial charge on any atom is -0.493 e. The van der Waals surface area contributed by atoms with Crippen LogP contribution in [0.5, 0.6) is 5.88 Å². The molecule has 0 radical (unpaired) electrons. The number of anilines is 1. The molecule has 178 valence electrons. The van der Waals surface area contributed by atoms with E-state index >= 15 is 0 Å². The van der Waals surface area contributed by atoms with E-state index in [0.717, 1.165) is 24.3 Å². The Balaban J connectivity index is 2.07. The monoisotopic (exact) mass is 486 g/mol. The van der Waals surface area contributed by atoms with Gasteiger partial charge in [0.2, 0.25) is 5.88 Å². The summed E-state index contributed by atoms with van der Waals surface area (Å²) in [6, 6.07) is 8.24. The van der Waals surface area contributed by atoms with Crippen LogP contribution in [0.25, 0.3) is 5.69 Å². The van der Waals surface area contributed by atoms with Crippen molar-refractivity contribution in [2.24, 2.45) is 4.99 Å². The zero-order valence-electron chi connectivity index (χ0n) is 16.5. The van der Waals surface area contributed by atoms with E-state index in [1.165, 1.54) is 18.2 Å². The largest absolute Gasteiger partial charge is 0.493 e. The van der Waals surface area contributed by atoms with Crippen LogP contribution < -0.4 is 16.6 Å². The van der Waals surface area contributed by atoms with Crippen molar-refractivity contribution in [3.63, 3.8) is 0 Å². The Bertz CT molecular complexity index is 1390. The average Bonchev–Trinajstić information content (AvgIpc) is 2.73. The van der Waals surface area contributed by atoms with E-state index in [9.17, 15) is 45.8 Å². The second-order valence-electron chi connectivity index (χ2n) is 6.61. The number of benzene rings is 2. The van der Waals surface area contributed by atoms with Crippen LogP contribution in [0, 0.1) is 0 Å². The lowest BCUT2D eigenvalue weighted by molar-refractivity contribution is -0.167. The van der Waals surface area contributed by atoms with Crippen molar-refractivity contribution in [1.29, 1.82) is 0 Å². The molecule has 8 nitrogen and oxygen atoms in total. The summed E-state index contributed by atoms with van der Waals surface area (Å²) in [7, 11) is 0. The Labute approximate surface area is 184 Å². The number of amides is 1. The van der Waals surface area contributed by atoms with E-state index in [1.54, 1.807) is 5.32 Å². The predicted octanol–water partition coefficient (Wildman–Crippen LogP) is 3.50. The van der Waals surface area contributed by atoms with Crippen LogP contribution in [0.2, 0.25) is 0 Å². The maximum atomic E-state index is 13.0. The van der Waals surface area contributed by atoms with Crippen molar-refractivity contribution < 1.29 is 36.2 Å². The first-order valence-electron chi connectivity index (χ1n) is 9.06. The number of nitrogens with zero attached hydrogens (tertiary/aromatic N) is 2. The second kappa shape index (κ2) is 8.88. The van der Waals surface area contributed by atoms with Crippen LogP contribution in [0.4, 0.5) is 37.7 Å². The van der Waals surface area contributed by atoms with Crippen molar-refractivity contribution in [3.05, 3.63) is 80.5 Å². The predicted molar refractivity (Wildman–Crippen MR) is 108 cm³/mol. The number of aliphatic imine (C=N–C) groups is 1. The van der Waals surface area contributed by atoms with E-state index in [1.807, 2.05) is 4.98 Å². The van der Waals surface area contributed by atoms with E-state index in [2.05, 4.69) is 4.99 Å². The van der Waals surface area contributed by atoms with E-state index in [-0.39, 0.29) is 11.4 Å². The van der Waals surface area contributed by atoms with Gasteiger partial charge in [-0.1, -0.05) is 18.2 Å². The van der Waals surface area contributed by atoms with Gasteiger partial charge in [-0.15, -0.1) is 0 Å². The Hall–Kier alpha value is -4.36. The molecule has 0 saturated carbocycles. The summed E-state index contributed by atoms with van der Waals surface area (Å²) in [4.78, 5) is 41.1. The molecule has 14 heteroatoms. The molecule has 0 aliphatic carbocycles. The molecule has 0 saturated heterocycles. The molecular formula is C20H12F6N4O4. The van der Waals surface area contributed by atoms with Gasteiger partial charge in [0.25, 0.3) is 5.56 Å². The molecular weight excluding hydrogens is 474 g/mol. The molecule has 0 bridgehead atoms. The third kappa shape index (κ3) is 5.16. The van der Waals surface area contributed by atoms with Crippen molar-refractivity contribution in [2.45, 2.75) is 12.4 Å². The lowest BCUT2D eigenvalue weighted by atomic mass is 10.2. The second-order valence-corrected chi connectivity index (χ2v) is 6.61. The van der Waals surface area contributed by atoms with Gasteiger partial charge in [-0.3, -0.25) is 19.6 Å². The third-order valence-corrected chi connectivity index (χ3v) is 4.30. The Morgan fingerprint density at radius 3 is 2.35 bits per heavy atom. The number of H-pyrrole nitrogens is 1. The Morgan fingerprint density at radius 2 is 1.71 bits per heavy atom. The van der Waals surface area contributed by atoms with E-state index < -0.39 is 52.2 Å². The Kier molecular flexibility index (Phi) is 6.34. The van der Waals surface area contributed by atoms with Crippen LogP contribution in [0.3, 0.4) is 0 Å². The highest BCUT2D eigenvalue weighted by atomic mass is 19.4. The van der Waals surface area contributed by atoms with Crippen LogP contribution in [0.15, 0.2) is 63.1 Å². The number of halogens is 6. The van der Waals surface area contributed by atoms with Gasteiger partial charge in [-0.25, -0.2) is 9.36 Å². The average molecular weight is 486 g/mol. The Morgan fingerprint density at radius 1 is 1.03 bits per heavy atom. The maximum absolute atomic E-state index is 13.0. The van der Waals surface area contributed by atoms with Crippen molar-refractivity contribution in [3.8, 4) is 11.6 Å². The van der Waals surface area contributed by atoms with Gasteiger partial charge in [-0.05, 0) is 30.3 Å². The number of nitrogens with one attached hydrogen (secondary N) is 2. The number of aromatic hydroxyl groups is 1. The zero-order chi connectivity index (χ0) is 25.3. The first kappa shape index (κ1) is 24.3. The normalized spacial score (nSPS) is 12.2. The van der Waals surface area contributed by atoms with Gasteiger partial charge in [0.05, 0.1) is 22.6 Å². The first-order valence-corrected chi connectivity index (χ1v) is 9.06. The van der Waals surface area contributed by atoms with E-state index in [4.69, 9.17) is 0 Å². The van der Waals surface area contributed by atoms with Gasteiger partial charge < -0.3 is 10.4 Å². The fraction of sp³-hybridized carbons (Fsp3) is 0.100. The molecule has 0 aliphatic rings. The molecule has 1 heterocycles. The zero-order valence-corrected chi connectivity index (χ0v) is 16.5. The molecule has 3 aromatic rings. The highest BCUT2D eigenvalue weighted by Crippen LogP contribution is 2.31. The van der Waals surface area contributed by atoms with Gasteiger partial charge in [-0.2, -0.15) is 26.3 Å². The minimum absolute atomic E-state index is 0.254. The fourth-order valence-electron chi connectivity index (χ4n) is 2.73. The van der Waals surface area contributed by atoms with Crippen LogP contribution in [-0.2, 0) is 11.0 Å². The van der Waals surface area contributed by atoms with Crippen molar-refractivity contribution in [1.82, 2.24) is 9.55 Å². The highest BCUT2D eigenvalue weighted by molar-refractivity contribution is 5.98. The minimum atomic E-state index is -5.19. The van der Waals surface area contributed by atoms with Crippen LogP contribution in [0.1, 0.15) is 11.1 Å². The number of hydrogen-bond donors (Lipinski definition) is 3. The number of para-hydroxylation sites is 2. The van der Waals surface area contributed by atoms with Crippen LogP contribution in [-0.4, -0.2) is 33.0 Å². The standard InChI is InChI=1S/C20H12F6N4O4/c21-19(22,23)10-4-3-5-11(8-10)30-16(32)12(15(31)29-18(30)34)9-27-13-6-1-2-7-14(13)28-17(33)20(24,25)26/h1-9,32H,(H,28,33)(H,29,31,34). The van der Waals surface area contributed by atoms with Gasteiger partial charge in [0.1, 0.15) is 5.56 Å². The summed E-state index contributed by atoms with van der Waals surface area (Å²) in [6.07, 6.45) is -9.27. The van der Waals surface area contributed by atoms with Crippen LogP contribution >= 0.6 is 0 Å². The topological polar surface area (TPSA) is 117 Å². The highest BCUT2D eigenvalue weighted by Gasteiger charge is 2.39. The van der Waals surface area contributed by atoms with E-state index in [0.29, 0.717) is 16.8 Å². The summed E-state index contributed by atoms with van der Waals surface area (Å²) in [5, 5.41) is 12.0. The first-order chi connectivity index (χ1) is 15.8. The summed E-state index contributed by atoms with van der Waals surface area (Å²) < 4.78 is 77.0. The molecule has 0 fully saturated rings. The number of carbonyl (C=O) groups is 1. The summed E-state index contributed by atoms with van der Waals surface area (Å²) in [6.45, 7) is 0. The molecule has 0 spiro atoms. The number of hydrogen-bond acceptors (Lipinski definition) is 5. The lowest BCUT2D eigenvalue weighted by Crippen LogP contribution is -2.31. The summed E-state index contributed by atoms with van der Waals surface area (Å²) in [5.41, 5.74) is -5.32. The fourth-order valence-corrected chi connectivity index (χ4v) is 2.73. The molecule has 2 aromatic carbocycles. The summed E-state index contributed by atoms with van der Waals surface area (Å²) >= 11 is 0. The molecule has 0 aliphatic heterocycles. The molecule has 34 heavy (non-hydrogen) atoms. The molecule has 3 rings (SSSR count). The number of aromatic nitrogens is 2. The molecule has 3 N–H and O–H groups in total.